The second-order valence-electron chi connectivity index (χ2n) is 8.97. The zero-order chi connectivity index (χ0) is 23.6. The number of furan rings is 1. The van der Waals surface area contributed by atoms with Gasteiger partial charge >= 0.3 is 5.97 Å². The maximum atomic E-state index is 13.0. The molecule has 0 amide bonds. The monoisotopic (exact) mass is 495 g/mol. The van der Waals surface area contributed by atoms with Crippen molar-refractivity contribution in [1.82, 2.24) is 4.57 Å². The lowest BCUT2D eigenvalue weighted by atomic mass is 9.95. The average molecular weight is 496 g/mol. The third-order valence-electron chi connectivity index (χ3n) is 7.09. The number of Topliss-reactive ketones (excluding diaryl/α,β-unsaturated/α-hetero) is 1. The van der Waals surface area contributed by atoms with Gasteiger partial charge in [0.05, 0.1) is 17.6 Å². The van der Waals surface area contributed by atoms with Crippen LogP contribution in [0.2, 0.25) is 0 Å². The first-order valence-electron chi connectivity index (χ1n) is 11.1. The molecule has 2 aliphatic carbocycles. The molecule has 3 aromatic rings. The third kappa shape index (κ3) is 3.33. The van der Waals surface area contributed by atoms with Gasteiger partial charge in [0.2, 0.25) is 11.7 Å². The van der Waals surface area contributed by atoms with Crippen molar-refractivity contribution in [3.63, 3.8) is 0 Å². The second-order valence-corrected chi connectivity index (χ2v) is 10.6. The Bertz CT molecular complexity index is 1530. The summed E-state index contributed by atoms with van der Waals surface area (Å²) in [5.41, 5.74) is 0.596. The van der Waals surface area contributed by atoms with Crippen LogP contribution in [0.25, 0.3) is 11.6 Å². The Morgan fingerprint density at radius 1 is 1.21 bits per heavy atom. The van der Waals surface area contributed by atoms with Crippen LogP contribution >= 0.6 is 23.6 Å². The molecule has 34 heavy (non-hydrogen) atoms. The van der Waals surface area contributed by atoms with Gasteiger partial charge in [0.15, 0.2) is 9.53 Å². The molecule has 7 nitrogen and oxygen atoms in total. The first-order chi connectivity index (χ1) is 16.4. The SMILES string of the molecule is COc1ccc2c(c1)OC(=O)C(=c1ccc(=Cc3sc(=S)n(C4CC5CCC4C5)c3O)o1)C2=O. The fourth-order valence-electron chi connectivity index (χ4n) is 5.49. The molecule has 1 aromatic carbocycles. The van der Waals surface area contributed by atoms with Crippen molar-refractivity contribution in [2.75, 3.05) is 7.11 Å². The molecule has 1 N–H and O–H groups in total. The van der Waals surface area contributed by atoms with E-state index in [4.69, 9.17) is 26.1 Å². The third-order valence-corrected chi connectivity index (χ3v) is 8.43. The molecule has 1 aliphatic heterocycles. The number of carbonyl (C=O) groups is 2. The summed E-state index contributed by atoms with van der Waals surface area (Å²) in [6.45, 7) is 0. The van der Waals surface area contributed by atoms with Crippen LogP contribution in [0.5, 0.6) is 17.4 Å². The number of rotatable bonds is 3. The van der Waals surface area contributed by atoms with E-state index in [1.807, 2.05) is 4.57 Å². The molecule has 3 unspecified atom stereocenters. The van der Waals surface area contributed by atoms with Crippen LogP contribution in [-0.2, 0) is 4.79 Å². The van der Waals surface area contributed by atoms with Gasteiger partial charge in [-0.2, -0.15) is 0 Å². The van der Waals surface area contributed by atoms with Gasteiger partial charge in [-0.3, -0.25) is 9.36 Å². The first-order valence-corrected chi connectivity index (χ1v) is 12.4. The molecule has 3 heterocycles. The highest BCUT2D eigenvalue weighted by molar-refractivity contribution is 7.73. The van der Waals surface area contributed by atoms with Crippen LogP contribution in [0.3, 0.4) is 0 Å². The van der Waals surface area contributed by atoms with Gasteiger partial charge in [-0.05, 0) is 67.6 Å². The van der Waals surface area contributed by atoms with Crippen molar-refractivity contribution in [1.29, 1.82) is 0 Å². The van der Waals surface area contributed by atoms with Crippen molar-refractivity contribution in [3.05, 3.63) is 55.6 Å². The summed E-state index contributed by atoms with van der Waals surface area (Å²) in [6.07, 6.45) is 6.41. The number of fused-ring (bicyclic) bond motifs is 3. The van der Waals surface area contributed by atoms with E-state index in [0.29, 0.717) is 25.9 Å². The van der Waals surface area contributed by atoms with Crippen LogP contribution in [0, 0.1) is 15.8 Å². The standard InChI is InChI=1S/C25H21NO6S2/c1-30-14-4-6-16-19(10-14)32-24(29)21(22(16)27)18-7-5-15(31-18)11-20-23(28)26(25(33)34-20)17-9-12-2-3-13(17)8-12/h4-7,10-13,17,28H,2-3,8-9H2,1H3. The van der Waals surface area contributed by atoms with Gasteiger partial charge in [-0.25, -0.2) is 4.79 Å². The van der Waals surface area contributed by atoms with E-state index in [0.717, 1.165) is 12.3 Å². The summed E-state index contributed by atoms with van der Waals surface area (Å²) in [5, 5.41) is 10.9. The summed E-state index contributed by atoms with van der Waals surface area (Å²) in [6, 6.07) is 8.14. The van der Waals surface area contributed by atoms with Crippen LogP contribution < -0.4 is 20.3 Å². The lowest BCUT2D eigenvalue weighted by Crippen LogP contribution is -2.29. The van der Waals surface area contributed by atoms with E-state index < -0.39 is 11.8 Å². The second kappa shape index (κ2) is 7.95. The van der Waals surface area contributed by atoms with Crippen LogP contribution in [0.15, 0.2) is 34.7 Å². The van der Waals surface area contributed by atoms with Crippen LogP contribution in [0.4, 0.5) is 0 Å². The summed E-state index contributed by atoms with van der Waals surface area (Å²) in [4.78, 5) is 26.2. The fraction of sp³-hybridized carbons (Fsp3) is 0.320. The average Bonchev–Trinajstić information content (AvgIpc) is 3.60. The maximum Gasteiger partial charge on any atom is 0.351 e. The van der Waals surface area contributed by atoms with E-state index in [1.54, 1.807) is 30.3 Å². The first kappa shape index (κ1) is 21.4. The number of aromatic hydroxyl groups is 1. The van der Waals surface area contributed by atoms with Crippen molar-refractivity contribution in [3.8, 4) is 17.4 Å². The maximum absolute atomic E-state index is 13.0. The molecule has 9 heteroatoms. The Morgan fingerprint density at radius 3 is 2.79 bits per heavy atom. The Hall–Kier alpha value is -3.17. The minimum Gasteiger partial charge on any atom is -0.497 e. The summed E-state index contributed by atoms with van der Waals surface area (Å²) >= 11 is 6.90. The number of ether oxygens (including phenoxy) is 2. The summed E-state index contributed by atoms with van der Waals surface area (Å²) in [7, 11) is 1.49. The largest absolute Gasteiger partial charge is 0.497 e. The Balaban J connectivity index is 1.38. The van der Waals surface area contributed by atoms with Gasteiger partial charge in [0.1, 0.15) is 22.3 Å². The van der Waals surface area contributed by atoms with Crippen molar-refractivity contribution < 1.29 is 28.6 Å². The summed E-state index contributed by atoms with van der Waals surface area (Å²) < 4.78 is 18.8. The Labute approximate surface area is 203 Å². The minimum atomic E-state index is -0.785. The molecule has 2 aromatic heterocycles. The van der Waals surface area contributed by atoms with E-state index in [-0.39, 0.29) is 34.2 Å². The number of methoxy groups -OCH3 is 1. The number of hydrogen-bond donors (Lipinski definition) is 1. The van der Waals surface area contributed by atoms with Crippen LogP contribution in [0.1, 0.15) is 47.0 Å². The lowest BCUT2D eigenvalue weighted by Gasteiger charge is -2.23. The zero-order valence-electron chi connectivity index (χ0n) is 18.3. The molecule has 0 radical (unpaired) electrons. The predicted molar refractivity (Wildman–Crippen MR) is 127 cm³/mol. The van der Waals surface area contributed by atoms with E-state index in [9.17, 15) is 14.7 Å². The number of benzene rings is 1. The van der Waals surface area contributed by atoms with E-state index >= 15 is 0 Å². The van der Waals surface area contributed by atoms with Gasteiger partial charge in [0.25, 0.3) is 0 Å². The predicted octanol–water partition coefficient (Wildman–Crippen LogP) is 3.73. The highest BCUT2D eigenvalue weighted by Gasteiger charge is 2.41. The fourth-order valence-corrected chi connectivity index (χ4v) is 6.86. The topological polar surface area (TPSA) is 90.9 Å². The molecule has 6 rings (SSSR count). The molecule has 0 spiro atoms. The highest BCUT2D eigenvalue weighted by atomic mass is 32.1. The number of thiazole rings is 1. The van der Waals surface area contributed by atoms with Gasteiger partial charge in [-0.1, -0.05) is 6.42 Å². The number of hydrogen-bond acceptors (Lipinski definition) is 8. The number of carbonyl (C=O) groups excluding carboxylic acids is 2. The van der Waals surface area contributed by atoms with E-state index in [1.165, 1.54) is 43.8 Å². The molecule has 2 saturated carbocycles. The van der Waals surface area contributed by atoms with Crippen LogP contribution in [-0.4, -0.2) is 28.5 Å². The van der Waals surface area contributed by atoms with Gasteiger partial charge < -0.3 is 19.0 Å². The number of nitrogens with zero attached hydrogens (tertiary/aromatic N) is 1. The molecular weight excluding hydrogens is 474 g/mol. The molecule has 3 aliphatic rings. The van der Waals surface area contributed by atoms with Crippen molar-refractivity contribution in [2.45, 2.75) is 31.7 Å². The smallest absolute Gasteiger partial charge is 0.351 e. The normalized spacial score (nSPS) is 25.6. The molecular formula is C25H21NO6S2. The highest BCUT2D eigenvalue weighted by Crippen LogP contribution is 2.52. The number of aromatic nitrogens is 1. The van der Waals surface area contributed by atoms with Gasteiger partial charge in [0, 0.05) is 18.2 Å². The number of esters is 1. The zero-order valence-corrected chi connectivity index (χ0v) is 19.9. The Kier molecular flexibility index (Phi) is 5.00. The molecule has 2 fully saturated rings. The van der Waals surface area contributed by atoms with Gasteiger partial charge in [-0.15, -0.1) is 11.3 Å². The molecule has 2 bridgehead atoms. The quantitative estimate of drug-likeness (QED) is 0.336. The van der Waals surface area contributed by atoms with Crippen molar-refractivity contribution >= 4 is 47.0 Å². The molecule has 3 atom stereocenters. The number of ketones is 1. The van der Waals surface area contributed by atoms with Crippen molar-refractivity contribution in [2.24, 2.45) is 11.8 Å². The lowest BCUT2D eigenvalue weighted by molar-refractivity contribution is -0.128. The molecule has 174 valence electrons. The summed E-state index contributed by atoms with van der Waals surface area (Å²) in [5.74, 6) is 0.827. The minimum absolute atomic E-state index is 0.110. The molecule has 0 saturated heterocycles. The Morgan fingerprint density at radius 2 is 2.06 bits per heavy atom. The van der Waals surface area contributed by atoms with E-state index in [2.05, 4.69) is 0 Å².